The Morgan fingerprint density at radius 3 is 2.28 bits per heavy atom. The third-order valence-corrected chi connectivity index (χ3v) is 2.15. The molecule has 0 atom stereocenters. The lowest BCUT2D eigenvalue weighted by molar-refractivity contribution is 0.223. The molecule has 6 heteroatoms. The second-order valence-electron chi connectivity index (χ2n) is 3.33. The molecule has 1 aromatic carbocycles. The van der Waals surface area contributed by atoms with Crippen molar-refractivity contribution in [2.75, 3.05) is 25.5 Å². The molecule has 18 heavy (non-hydrogen) atoms. The predicted octanol–water partition coefficient (Wildman–Crippen LogP) is 1.58. The Labute approximate surface area is 105 Å². The van der Waals surface area contributed by atoms with Crippen molar-refractivity contribution in [3.8, 4) is 17.9 Å². The molecular formula is C12H12N4O2. The molecule has 2 amide bonds. The van der Waals surface area contributed by atoms with Crippen LogP contribution in [0.5, 0.6) is 5.75 Å². The van der Waals surface area contributed by atoms with Crippen molar-refractivity contribution >= 4 is 11.7 Å². The highest BCUT2D eigenvalue weighted by molar-refractivity contribution is 5.89. The first-order chi connectivity index (χ1) is 8.71. The van der Waals surface area contributed by atoms with Crippen molar-refractivity contribution in [2.24, 2.45) is 0 Å². The Morgan fingerprint density at radius 1 is 1.28 bits per heavy atom. The normalized spacial score (nSPS) is 8.83. The number of hydrogen-bond acceptors (Lipinski definition) is 4. The molecule has 1 rings (SSSR count). The number of amides is 2. The number of nitrogens with one attached hydrogen (secondary N) is 1. The lowest BCUT2D eigenvalue weighted by Gasteiger charge is -2.16. The zero-order valence-corrected chi connectivity index (χ0v) is 9.88. The fourth-order valence-electron chi connectivity index (χ4n) is 1.25. The van der Waals surface area contributed by atoms with Gasteiger partial charge in [-0.25, -0.2) is 4.79 Å². The van der Waals surface area contributed by atoms with Gasteiger partial charge in [-0.3, -0.25) is 4.90 Å². The highest BCUT2D eigenvalue weighted by Crippen LogP contribution is 2.15. The number of nitrogens with zero attached hydrogens (tertiary/aromatic N) is 3. The lowest BCUT2D eigenvalue weighted by Crippen LogP contribution is -2.35. The van der Waals surface area contributed by atoms with E-state index in [0.717, 1.165) is 4.90 Å². The van der Waals surface area contributed by atoms with Gasteiger partial charge in [-0.15, -0.1) is 0 Å². The molecule has 0 unspecified atom stereocenters. The van der Waals surface area contributed by atoms with Gasteiger partial charge >= 0.3 is 6.03 Å². The number of carbonyl (C=O) groups excluding carboxylic acids is 1. The van der Waals surface area contributed by atoms with Crippen LogP contribution in [0.1, 0.15) is 0 Å². The van der Waals surface area contributed by atoms with Gasteiger partial charge in [0.1, 0.15) is 18.8 Å². The predicted molar refractivity (Wildman–Crippen MR) is 64.8 cm³/mol. The van der Waals surface area contributed by atoms with E-state index < -0.39 is 6.03 Å². The minimum absolute atomic E-state index is 0.129. The number of anilines is 1. The Hall–Kier alpha value is -2.73. The van der Waals surface area contributed by atoms with E-state index in [9.17, 15) is 4.79 Å². The van der Waals surface area contributed by atoms with E-state index in [4.69, 9.17) is 15.3 Å². The summed E-state index contributed by atoms with van der Waals surface area (Å²) < 4.78 is 4.99. The standard InChI is InChI=1S/C12H12N4O2/c1-18-11-4-2-10(3-5-11)15-12(17)16(8-6-13)9-7-14/h2-5H,8-9H2,1H3,(H,15,17). The van der Waals surface area contributed by atoms with E-state index in [0.29, 0.717) is 11.4 Å². The molecule has 0 fully saturated rings. The zero-order chi connectivity index (χ0) is 13.4. The molecule has 1 aromatic rings. The maximum absolute atomic E-state index is 11.7. The third-order valence-electron chi connectivity index (χ3n) is 2.15. The average molecular weight is 244 g/mol. The van der Waals surface area contributed by atoms with Gasteiger partial charge in [0, 0.05) is 5.69 Å². The molecule has 0 aliphatic heterocycles. The number of nitriles is 2. The number of benzene rings is 1. The summed E-state index contributed by atoms with van der Waals surface area (Å²) in [5, 5.41) is 19.7. The van der Waals surface area contributed by atoms with Gasteiger partial charge in [0.2, 0.25) is 0 Å². The van der Waals surface area contributed by atoms with E-state index in [1.54, 1.807) is 31.4 Å². The smallest absolute Gasteiger partial charge is 0.323 e. The van der Waals surface area contributed by atoms with Crippen molar-refractivity contribution in [2.45, 2.75) is 0 Å². The molecule has 0 heterocycles. The van der Waals surface area contributed by atoms with E-state index >= 15 is 0 Å². The van der Waals surface area contributed by atoms with E-state index in [1.807, 2.05) is 12.1 Å². The van der Waals surface area contributed by atoms with Crippen LogP contribution >= 0.6 is 0 Å². The molecule has 0 aliphatic rings. The van der Waals surface area contributed by atoms with Gasteiger partial charge in [0.05, 0.1) is 19.2 Å². The first-order valence-electron chi connectivity index (χ1n) is 5.15. The molecule has 1 N–H and O–H groups in total. The number of methoxy groups -OCH3 is 1. The number of hydrogen-bond donors (Lipinski definition) is 1. The summed E-state index contributed by atoms with van der Waals surface area (Å²) in [4.78, 5) is 12.8. The SMILES string of the molecule is COc1ccc(NC(=O)N(CC#N)CC#N)cc1. The average Bonchev–Trinajstić information content (AvgIpc) is 2.39. The minimum atomic E-state index is -0.483. The molecule has 0 spiro atoms. The van der Waals surface area contributed by atoms with Gasteiger partial charge in [-0.05, 0) is 24.3 Å². The molecule has 6 nitrogen and oxygen atoms in total. The van der Waals surface area contributed by atoms with Gasteiger partial charge < -0.3 is 10.1 Å². The first-order valence-corrected chi connectivity index (χ1v) is 5.15. The van der Waals surface area contributed by atoms with Crippen molar-refractivity contribution in [1.29, 1.82) is 10.5 Å². The Kier molecular flexibility index (Phi) is 5.01. The summed E-state index contributed by atoms with van der Waals surface area (Å²) >= 11 is 0. The van der Waals surface area contributed by atoms with Gasteiger partial charge in [0.15, 0.2) is 0 Å². The van der Waals surface area contributed by atoms with Crippen LogP contribution in [0.3, 0.4) is 0 Å². The number of rotatable bonds is 4. The molecule has 0 saturated carbocycles. The van der Waals surface area contributed by atoms with Crippen LogP contribution < -0.4 is 10.1 Å². The van der Waals surface area contributed by atoms with Crippen molar-refractivity contribution in [3.63, 3.8) is 0 Å². The largest absolute Gasteiger partial charge is 0.497 e. The minimum Gasteiger partial charge on any atom is -0.497 e. The summed E-state index contributed by atoms with van der Waals surface area (Å²) in [6.07, 6.45) is 0. The summed E-state index contributed by atoms with van der Waals surface area (Å²) in [5.41, 5.74) is 0.571. The summed E-state index contributed by atoms with van der Waals surface area (Å²) in [7, 11) is 1.55. The molecule has 0 radical (unpaired) electrons. The molecule has 92 valence electrons. The molecule has 0 aliphatic carbocycles. The van der Waals surface area contributed by atoms with E-state index in [1.165, 1.54) is 0 Å². The third kappa shape index (κ3) is 3.69. The fraction of sp³-hybridized carbons (Fsp3) is 0.250. The van der Waals surface area contributed by atoms with Gasteiger partial charge in [-0.2, -0.15) is 10.5 Å². The summed E-state index contributed by atoms with van der Waals surface area (Å²) in [5.74, 6) is 0.680. The van der Waals surface area contributed by atoms with E-state index in [-0.39, 0.29) is 13.1 Å². The summed E-state index contributed by atoms with van der Waals surface area (Å²) in [6, 6.07) is 9.93. The second-order valence-corrected chi connectivity index (χ2v) is 3.33. The topological polar surface area (TPSA) is 89.2 Å². The van der Waals surface area contributed by atoms with Crippen LogP contribution in [0.4, 0.5) is 10.5 Å². The van der Waals surface area contributed by atoms with Crippen molar-refractivity contribution in [3.05, 3.63) is 24.3 Å². The number of urea groups is 1. The van der Waals surface area contributed by atoms with Crippen LogP contribution in [0.15, 0.2) is 24.3 Å². The molecule has 0 saturated heterocycles. The van der Waals surface area contributed by atoms with Crippen molar-refractivity contribution < 1.29 is 9.53 Å². The number of carbonyl (C=O) groups is 1. The second kappa shape index (κ2) is 6.77. The molecular weight excluding hydrogens is 232 g/mol. The first kappa shape index (κ1) is 13.3. The van der Waals surface area contributed by atoms with Crippen molar-refractivity contribution in [1.82, 2.24) is 4.90 Å². The van der Waals surface area contributed by atoms with Gasteiger partial charge in [-0.1, -0.05) is 0 Å². The monoisotopic (exact) mass is 244 g/mol. The quantitative estimate of drug-likeness (QED) is 0.814. The Balaban J connectivity index is 2.67. The zero-order valence-electron chi connectivity index (χ0n) is 9.88. The molecule has 0 bridgehead atoms. The van der Waals surface area contributed by atoms with Crippen LogP contribution in [0, 0.1) is 22.7 Å². The van der Waals surface area contributed by atoms with Crippen LogP contribution in [0.25, 0.3) is 0 Å². The highest BCUT2D eigenvalue weighted by atomic mass is 16.5. The van der Waals surface area contributed by atoms with Gasteiger partial charge in [0.25, 0.3) is 0 Å². The maximum Gasteiger partial charge on any atom is 0.323 e. The summed E-state index contributed by atoms with van der Waals surface area (Å²) in [6.45, 7) is -0.259. The number of ether oxygens (including phenoxy) is 1. The highest BCUT2D eigenvalue weighted by Gasteiger charge is 2.12. The van der Waals surface area contributed by atoms with E-state index in [2.05, 4.69) is 5.32 Å². The maximum atomic E-state index is 11.7. The lowest BCUT2D eigenvalue weighted by atomic mass is 10.3. The fourth-order valence-corrected chi connectivity index (χ4v) is 1.25. The van der Waals surface area contributed by atoms with Crippen LogP contribution in [-0.4, -0.2) is 31.1 Å². The van der Waals surface area contributed by atoms with Crippen LogP contribution in [0.2, 0.25) is 0 Å². The Morgan fingerprint density at radius 2 is 1.83 bits per heavy atom. The van der Waals surface area contributed by atoms with Crippen LogP contribution in [-0.2, 0) is 0 Å². The molecule has 0 aromatic heterocycles. The Bertz CT molecular complexity index is 468.